The van der Waals surface area contributed by atoms with Crippen molar-refractivity contribution in [2.75, 3.05) is 5.43 Å². The van der Waals surface area contributed by atoms with Gasteiger partial charge in [-0.3, -0.25) is 4.79 Å². The number of benzene rings is 1. The van der Waals surface area contributed by atoms with Crippen molar-refractivity contribution in [2.45, 2.75) is 19.9 Å². The Morgan fingerprint density at radius 3 is 2.40 bits per heavy atom. The molecule has 2 aromatic rings. The van der Waals surface area contributed by atoms with Gasteiger partial charge in [0, 0.05) is 12.7 Å². The van der Waals surface area contributed by atoms with E-state index in [0.29, 0.717) is 17.9 Å². The van der Waals surface area contributed by atoms with Crippen molar-refractivity contribution < 1.29 is 4.79 Å². The van der Waals surface area contributed by atoms with Crippen LogP contribution in [0.25, 0.3) is 0 Å². The first-order chi connectivity index (χ1) is 9.72. The van der Waals surface area contributed by atoms with Gasteiger partial charge in [-0.2, -0.15) is 0 Å². The molecule has 0 atom stereocenters. The Kier molecular flexibility index (Phi) is 4.68. The summed E-state index contributed by atoms with van der Waals surface area (Å²) in [5.41, 5.74) is 5.29. The molecule has 5 nitrogen and oxygen atoms in total. The Hall–Kier alpha value is -2.40. The van der Waals surface area contributed by atoms with E-state index in [1.165, 1.54) is 11.8 Å². The highest BCUT2D eigenvalue weighted by molar-refractivity contribution is 5.93. The number of amides is 1. The molecule has 0 aliphatic heterocycles. The fourth-order valence-electron chi connectivity index (χ4n) is 1.79. The lowest BCUT2D eigenvalue weighted by atomic mass is 10.1. The molecule has 20 heavy (non-hydrogen) atoms. The van der Waals surface area contributed by atoms with Crippen LogP contribution in [-0.2, 0) is 13.0 Å². The van der Waals surface area contributed by atoms with Gasteiger partial charge in [0.05, 0.1) is 5.56 Å². The summed E-state index contributed by atoms with van der Waals surface area (Å²) in [7, 11) is 0. The average molecular weight is 270 g/mol. The van der Waals surface area contributed by atoms with Crippen LogP contribution in [0.3, 0.4) is 0 Å². The van der Waals surface area contributed by atoms with Crippen LogP contribution in [0.4, 0.5) is 5.82 Å². The predicted octanol–water partition coefficient (Wildman–Crippen LogP) is 1.86. The van der Waals surface area contributed by atoms with Gasteiger partial charge in [0.25, 0.3) is 5.91 Å². The first-order valence-corrected chi connectivity index (χ1v) is 6.51. The summed E-state index contributed by atoms with van der Waals surface area (Å²) >= 11 is 0. The molecule has 0 spiro atoms. The van der Waals surface area contributed by atoms with Gasteiger partial charge in [-0.25, -0.2) is 10.8 Å². The number of hydrogen-bond acceptors (Lipinski definition) is 4. The highest BCUT2D eigenvalue weighted by Gasteiger charge is 2.05. The monoisotopic (exact) mass is 270 g/mol. The van der Waals surface area contributed by atoms with E-state index in [0.717, 1.165) is 12.0 Å². The maximum Gasteiger partial charge on any atom is 0.253 e. The smallest absolute Gasteiger partial charge is 0.253 e. The summed E-state index contributed by atoms with van der Waals surface area (Å²) < 4.78 is 0. The molecule has 0 aliphatic rings. The largest absolute Gasteiger partial charge is 0.348 e. The van der Waals surface area contributed by atoms with Gasteiger partial charge in [-0.1, -0.05) is 31.2 Å². The summed E-state index contributed by atoms with van der Waals surface area (Å²) in [5, 5.41) is 2.86. The predicted molar refractivity (Wildman–Crippen MR) is 79.0 cm³/mol. The van der Waals surface area contributed by atoms with E-state index in [1.54, 1.807) is 12.1 Å². The number of pyridine rings is 1. The zero-order valence-corrected chi connectivity index (χ0v) is 11.4. The molecule has 0 saturated carbocycles. The minimum Gasteiger partial charge on any atom is -0.348 e. The maximum atomic E-state index is 11.9. The maximum absolute atomic E-state index is 11.9. The number of nitrogens with zero attached hydrogens (tertiary/aromatic N) is 1. The lowest BCUT2D eigenvalue weighted by molar-refractivity contribution is 0.0950. The second kappa shape index (κ2) is 6.68. The third kappa shape index (κ3) is 3.55. The molecule has 0 unspecified atom stereocenters. The number of hydrazine groups is 1. The quantitative estimate of drug-likeness (QED) is 0.572. The van der Waals surface area contributed by atoms with Crippen LogP contribution in [0.5, 0.6) is 0 Å². The lowest BCUT2D eigenvalue weighted by Crippen LogP contribution is -2.23. The highest BCUT2D eigenvalue weighted by atomic mass is 16.1. The molecule has 5 heteroatoms. The molecule has 0 radical (unpaired) electrons. The number of carbonyl (C=O) groups excluding carboxylic acids is 1. The number of anilines is 1. The Morgan fingerprint density at radius 2 is 1.85 bits per heavy atom. The van der Waals surface area contributed by atoms with Crippen LogP contribution in [0.1, 0.15) is 28.4 Å². The van der Waals surface area contributed by atoms with E-state index < -0.39 is 0 Å². The molecular weight excluding hydrogens is 252 g/mol. The van der Waals surface area contributed by atoms with E-state index in [9.17, 15) is 4.79 Å². The normalized spacial score (nSPS) is 10.1. The average Bonchev–Trinajstić information content (AvgIpc) is 2.53. The third-order valence-electron chi connectivity index (χ3n) is 3.06. The zero-order valence-electron chi connectivity index (χ0n) is 11.4. The minimum atomic E-state index is -0.152. The number of hydrogen-bond donors (Lipinski definition) is 3. The zero-order chi connectivity index (χ0) is 14.4. The Balaban J connectivity index is 1.93. The number of aromatic nitrogens is 1. The molecule has 0 bridgehead atoms. The van der Waals surface area contributed by atoms with E-state index in [-0.39, 0.29) is 5.91 Å². The molecule has 104 valence electrons. The van der Waals surface area contributed by atoms with Crippen molar-refractivity contribution in [3.63, 3.8) is 0 Å². The molecule has 0 aliphatic carbocycles. The van der Waals surface area contributed by atoms with Crippen LogP contribution < -0.4 is 16.6 Å². The van der Waals surface area contributed by atoms with Gasteiger partial charge in [0.1, 0.15) is 5.82 Å². The molecule has 0 saturated heterocycles. The van der Waals surface area contributed by atoms with E-state index >= 15 is 0 Å². The Bertz CT molecular complexity index is 563. The van der Waals surface area contributed by atoms with Crippen LogP contribution in [-0.4, -0.2) is 10.9 Å². The van der Waals surface area contributed by atoms with E-state index in [4.69, 9.17) is 5.84 Å². The highest BCUT2D eigenvalue weighted by Crippen LogP contribution is 2.06. The summed E-state index contributed by atoms with van der Waals surface area (Å²) in [5.74, 6) is 5.59. The van der Waals surface area contributed by atoms with E-state index in [1.807, 2.05) is 12.1 Å². The first-order valence-electron chi connectivity index (χ1n) is 6.51. The van der Waals surface area contributed by atoms with E-state index in [2.05, 4.69) is 34.8 Å². The Labute approximate surface area is 118 Å². The topological polar surface area (TPSA) is 80.0 Å². The summed E-state index contributed by atoms with van der Waals surface area (Å²) in [6, 6.07) is 11.5. The van der Waals surface area contributed by atoms with Crippen molar-refractivity contribution in [2.24, 2.45) is 5.84 Å². The molecule has 4 N–H and O–H groups in total. The molecule has 2 rings (SSSR count). The second-order valence-corrected chi connectivity index (χ2v) is 4.43. The van der Waals surface area contributed by atoms with Gasteiger partial charge in [0.15, 0.2) is 0 Å². The number of nitrogens with two attached hydrogens (primary N) is 1. The number of nitrogens with one attached hydrogen (secondary N) is 2. The van der Waals surface area contributed by atoms with Gasteiger partial charge >= 0.3 is 0 Å². The molecule has 1 amide bonds. The molecule has 0 fully saturated rings. The fraction of sp³-hybridized carbons (Fsp3) is 0.200. The number of aryl methyl sites for hydroxylation is 1. The van der Waals surface area contributed by atoms with Crippen molar-refractivity contribution in [1.29, 1.82) is 0 Å². The minimum absolute atomic E-state index is 0.152. The van der Waals surface area contributed by atoms with Gasteiger partial charge in [-0.15, -0.1) is 0 Å². The lowest BCUT2D eigenvalue weighted by Gasteiger charge is -2.06. The second-order valence-electron chi connectivity index (χ2n) is 4.43. The van der Waals surface area contributed by atoms with Crippen molar-refractivity contribution in [1.82, 2.24) is 10.3 Å². The van der Waals surface area contributed by atoms with Crippen molar-refractivity contribution in [3.8, 4) is 0 Å². The number of rotatable bonds is 5. The number of carbonyl (C=O) groups is 1. The van der Waals surface area contributed by atoms with Crippen LogP contribution in [0.2, 0.25) is 0 Å². The van der Waals surface area contributed by atoms with Gasteiger partial charge in [0.2, 0.25) is 0 Å². The van der Waals surface area contributed by atoms with Crippen molar-refractivity contribution in [3.05, 3.63) is 59.3 Å². The molecule has 1 aromatic carbocycles. The summed E-state index contributed by atoms with van der Waals surface area (Å²) in [6.07, 6.45) is 2.50. The first kappa shape index (κ1) is 14.0. The van der Waals surface area contributed by atoms with Crippen molar-refractivity contribution >= 4 is 11.7 Å². The third-order valence-corrected chi connectivity index (χ3v) is 3.06. The SMILES string of the molecule is CCc1ccc(CNC(=O)c2ccc(NN)nc2)cc1. The van der Waals surface area contributed by atoms with Crippen LogP contribution in [0, 0.1) is 0 Å². The standard InChI is InChI=1S/C15H18N4O/c1-2-11-3-5-12(6-4-11)9-18-15(20)13-7-8-14(19-16)17-10-13/h3-8,10H,2,9,16H2,1H3,(H,17,19)(H,18,20). The summed E-state index contributed by atoms with van der Waals surface area (Å²) in [6.45, 7) is 2.61. The van der Waals surface area contributed by atoms with Crippen LogP contribution >= 0.6 is 0 Å². The molecule has 1 heterocycles. The van der Waals surface area contributed by atoms with Gasteiger partial charge < -0.3 is 10.7 Å². The summed E-state index contributed by atoms with van der Waals surface area (Å²) in [4.78, 5) is 15.9. The van der Waals surface area contributed by atoms with Crippen LogP contribution in [0.15, 0.2) is 42.6 Å². The molecular formula is C15H18N4O. The van der Waals surface area contributed by atoms with Gasteiger partial charge in [-0.05, 0) is 29.7 Å². The molecule has 1 aromatic heterocycles. The Morgan fingerprint density at radius 1 is 1.15 bits per heavy atom. The number of nitrogen functional groups attached to an aromatic ring is 1. The fourth-order valence-corrected chi connectivity index (χ4v) is 1.79.